The van der Waals surface area contributed by atoms with E-state index < -0.39 is 11.3 Å². The van der Waals surface area contributed by atoms with Crippen molar-refractivity contribution >= 4 is 28.8 Å². The third kappa shape index (κ3) is 8.27. The van der Waals surface area contributed by atoms with Gasteiger partial charge in [0.25, 0.3) is 5.91 Å². The molecule has 40 heavy (non-hydrogen) atoms. The van der Waals surface area contributed by atoms with Crippen LogP contribution in [-0.2, 0) is 0 Å². The second-order valence-corrected chi connectivity index (χ2v) is 11.5. The first-order valence-electron chi connectivity index (χ1n) is 13.5. The van der Waals surface area contributed by atoms with Gasteiger partial charge in [0, 0.05) is 67.0 Å². The Morgan fingerprint density at radius 2 is 1.85 bits per heavy atom. The number of carbonyl (C=O) groups excluding carboxylic acids is 1. The zero-order chi connectivity index (χ0) is 29.6. The molecule has 216 valence electrons. The minimum absolute atomic E-state index is 0.0169. The molecule has 3 rings (SSSR count). The summed E-state index contributed by atoms with van der Waals surface area (Å²) in [5, 5.41) is 15.0. The first-order chi connectivity index (χ1) is 18.7. The number of aryl methyl sites for hydroxylation is 1. The van der Waals surface area contributed by atoms with E-state index in [1.54, 1.807) is 31.6 Å². The molecule has 0 spiro atoms. The van der Waals surface area contributed by atoms with E-state index in [1.807, 2.05) is 26.8 Å². The van der Waals surface area contributed by atoms with Crippen LogP contribution in [0.15, 0.2) is 53.8 Å². The lowest BCUT2D eigenvalue weighted by Crippen LogP contribution is -2.42. The summed E-state index contributed by atoms with van der Waals surface area (Å²) in [4.78, 5) is 27.7. The fourth-order valence-corrected chi connectivity index (χ4v) is 4.24. The number of hydrogen-bond donors (Lipinski definition) is 5. The quantitative estimate of drug-likeness (QED) is 0.107. The lowest BCUT2D eigenvalue weighted by Gasteiger charge is -2.35. The summed E-state index contributed by atoms with van der Waals surface area (Å²) in [6.07, 6.45) is 9.82. The van der Waals surface area contributed by atoms with Crippen molar-refractivity contribution in [1.82, 2.24) is 14.9 Å². The summed E-state index contributed by atoms with van der Waals surface area (Å²) in [5.74, 6) is 5.62. The van der Waals surface area contributed by atoms with Gasteiger partial charge in [-0.3, -0.25) is 19.8 Å². The zero-order valence-corrected chi connectivity index (χ0v) is 24.3. The van der Waals surface area contributed by atoms with Crippen molar-refractivity contribution in [2.24, 2.45) is 27.7 Å². The third-order valence-electron chi connectivity index (χ3n) is 6.85. The van der Waals surface area contributed by atoms with Gasteiger partial charge >= 0.3 is 0 Å². The monoisotopic (exact) mass is 549 g/mol. The van der Waals surface area contributed by atoms with E-state index in [0.717, 1.165) is 31.6 Å². The Morgan fingerprint density at radius 3 is 2.48 bits per heavy atom. The van der Waals surface area contributed by atoms with Crippen molar-refractivity contribution in [3.63, 3.8) is 0 Å². The van der Waals surface area contributed by atoms with E-state index in [4.69, 9.17) is 17.3 Å². The number of hydrazine groups is 1. The van der Waals surface area contributed by atoms with E-state index in [-0.39, 0.29) is 17.2 Å². The second kappa shape index (κ2) is 12.9. The van der Waals surface area contributed by atoms with Gasteiger partial charge in [0.15, 0.2) is 0 Å². The normalized spacial score (nSPS) is 16.4. The van der Waals surface area contributed by atoms with Crippen LogP contribution in [0.25, 0.3) is 5.70 Å². The number of likely N-dealkylation sites (tertiary alicyclic amines) is 1. The van der Waals surface area contributed by atoms with E-state index in [9.17, 15) is 9.90 Å². The molecule has 0 atom stereocenters. The van der Waals surface area contributed by atoms with Crippen molar-refractivity contribution in [3.05, 3.63) is 65.6 Å². The van der Waals surface area contributed by atoms with Crippen LogP contribution in [0.5, 0.6) is 0 Å². The van der Waals surface area contributed by atoms with Crippen LogP contribution in [0.3, 0.4) is 0 Å². The molecule has 0 aromatic carbocycles. The van der Waals surface area contributed by atoms with Crippen molar-refractivity contribution in [3.8, 4) is 0 Å². The van der Waals surface area contributed by atoms with E-state index >= 15 is 0 Å². The third-order valence-corrected chi connectivity index (χ3v) is 6.85. The second-order valence-electron chi connectivity index (χ2n) is 11.5. The molecule has 11 heteroatoms. The highest BCUT2D eigenvalue weighted by Crippen LogP contribution is 2.24. The number of hydrogen-bond acceptors (Lipinski definition) is 9. The topological polar surface area (TPSA) is 172 Å². The first kappa shape index (κ1) is 30.6. The number of anilines is 2. The van der Waals surface area contributed by atoms with Gasteiger partial charge < -0.3 is 26.8 Å². The molecule has 0 aliphatic carbocycles. The fourth-order valence-electron chi connectivity index (χ4n) is 4.24. The highest BCUT2D eigenvalue weighted by Gasteiger charge is 2.21. The SMILES string of the molecule is Cc1ncc(C(=O)N=C(N)/C=C(\O)C(C)(C)C)cc1N(N)/C=C(\N)c1cncc(NC2CCN(C(C)C)CC2)c1. The standard InChI is InChI=1S/C29H43N9O2/c1-18(2)37-9-7-22(8-10-37)35-23-11-20(14-33-16-23)24(30)17-38(32)25-12-21(15-34-19(25)3)28(40)36-27(31)13-26(39)29(4,5)6/h11-18,22,35,39H,7-10,30,32H2,1-6H3,(H2,31,36,40)/b24-17-,26-13-. The number of nitrogens with two attached hydrogens (primary N) is 3. The maximum absolute atomic E-state index is 12.7. The zero-order valence-electron chi connectivity index (χ0n) is 24.3. The Labute approximate surface area is 236 Å². The van der Waals surface area contributed by atoms with Gasteiger partial charge in [-0.15, -0.1) is 0 Å². The molecule has 2 aromatic rings. The molecule has 1 saturated heterocycles. The highest BCUT2D eigenvalue weighted by atomic mass is 16.3. The van der Waals surface area contributed by atoms with Gasteiger partial charge in [0.2, 0.25) is 0 Å². The maximum atomic E-state index is 12.7. The van der Waals surface area contributed by atoms with Gasteiger partial charge in [0.1, 0.15) is 11.6 Å². The minimum atomic E-state index is -0.614. The smallest absolute Gasteiger partial charge is 0.280 e. The summed E-state index contributed by atoms with van der Waals surface area (Å²) in [7, 11) is 0. The van der Waals surface area contributed by atoms with Crippen LogP contribution >= 0.6 is 0 Å². The van der Waals surface area contributed by atoms with Crippen molar-refractivity contribution in [2.75, 3.05) is 23.4 Å². The molecule has 1 amide bonds. The van der Waals surface area contributed by atoms with Gasteiger partial charge in [-0.1, -0.05) is 20.8 Å². The molecule has 0 unspecified atom stereocenters. The van der Waals surface area contributed by atoms with Crippen molar-refractivity contribution in [1.29, 1.82) is 0 Å². The van der Waals surface area contributed by atoms with Gasteiger partial charge in [-0.25, -0.2) is 5.84 Å². The number of rotatable bonds is 8. The van der Waals surface area contributed by atoms with Crippen LogP contribution in [0, 0.1) is 12.3 Å². The number of nitrogens with zero attached hydrogens (tertiary/aromatic N) is 5. The fraction of sp³-hybridized carbons (Fsp3) is 0.448. The van der Waals surface area contributed by atoms with E-state index in [1.165, 1.54) is 17.3 Å². The highest BCUT2D eigenvalue weighted by molar-refractivity contribution is 6.06. The lowest BCUT2D eigenvalue weighted by molar-refractivity contribution is 0.100. The van der Waals surface area contributed by atoms with Gasteiger partial charge in [-0.05, 0) is 45.7 Å². The minimum Gasteiger partial charge on any atom is -0.512 e. The molecule has 1 fully saturated rings. The predicted octanol–water partition coefficient (Wildman–Crippen LogP) is 3.69. The Balaban J connectivity index is 1.74. The number of piperidine rings is 1. The first-order valence-corrected chi connectivity index (χ1v) is 13.5. The Morgan fingerprint density at radius 1 is 1.18 bits per heavy atom. The van der Waals surface area contributed by atoms with Crippen LogP contribution in [0.1, 0.15) is 69.1 Å². The molecule has 3 heterocycles. The largest absolute Gasteiger partial charge is 0.512 e. The number of aliphatic hydroxyl groups is 1. The van der Waals surface area contributed by atoms with Crippen molar-refractivity contribution < 1.29 is 9.90 Å². The van der Waals surface area contributed by atoms with Crippen molar-refractivity contribution in [2.45, 2.75) is 66.5 Å². The van der Waals surface area contributed by atoms with Crippen LogP contribution in [0.2, 0.25) is 0 Å². The summed E-state index contributed by atoms with van der Waals surface area (Å²) in [6.45, 7) is 13.8. The molecular weight excluding hydrogens is 506 g/mol. The molecule has 0 radical (unpaired) electrons. The predicted molar refractivity (Wildman–Crippen MR) is 162 cm³/mol. The maximum Gasteiger partial charge on any atom is 0.280 e. The number of pyridine rings is 2. The van der Waals surface area contributed by atoms with E-state index in [2.05, 4.69) is 39.0 Å². The summed E-state index contributed by atoms with van der Waals surface area (Å²) >= 11 is 0. The molecule has 0 saturated carbocycles. The van der Waals surface area contributed by atoms with Gasteiger partial charge in [0.05, 0.1) is 28.3 Å². The average Bonchev–Trinajstić information content (AvgIpc) is 2.88. The van der Waals surface area contributed by atoms with Crippen LogP contribution in [-0.4, -0.2) is 56.9 Å². The number of amides is 1. The van der Waals surface area contributed by atoms with Crippen LogP contribution < -0.4 is 27.6 Å². The molecular formula is C29H43N9O2. The Hall–Kier alpha value is -3.96. The molecule has 0 bridgehead atoms. The Kier molecular flexibility index (Phi) is 9.88. The average molecular weight is 550 g/mol. The number of aliphatic hydroxyl groups excluding tert-OH is 1. The number of carbonyl (C=O) groups is 1. The molecule has 2 aromatic heterocycles. The summed E-state index contributed by atoms with van der Waals surface area (Å²) in [6, 6.07) is 4.45. The molecule has 8 N–H and O–H groups in total. The summed E-state index contributed by atoms with van der Waals surface area (Å²) in [5.41, 5.74) is 15.0. The Bertz CT molecular complexity index is 1290. The number of aromatic nitrogens is 2. The number of nitrogens with one attached hydrogen (secondary N) is 1. The number of amidine groups is 1. The summed E-state index contributed by atoms with van der Waals surface area (Å²) < 4.78 is 0. The number of aliphatic imine (C=N–C) groups is 1. The van der Waals surface area contributed by atoms with E-state index in [0.29, 0.717) is 34.7 Å². The number of allylic oxidation sites excluding steroid dienone is 1. The molecule has 1 aliphatic heterocycles. The van der Waals surface area contributed by atoms with Crippen LogP contribution in [0.4, 0.5) is 11.4 Å². The van der Waals surface area contributed by atoms with Gasteiger partial charge in [-0.2, -0.15) is 4.99 Å². The molecule has 1 aliphatic rings. The molecule has 11 nitrogen and oxygen atoms in total. The lowest BCUT2D eigenvalue weighted by atomic mass is 9.93.